The van der Waals surface area contributed by atoms with Crippen LogP contribution < -0.4 is 0 Å². The molecule has 1 fully saturated rings. The second-order valence-electron chi connectivity index (χ2n) is 10.4. The number of esters is 1. The van der Waals surface area contributed by atoms with Gasteiger partial charge in [-0.15, -0.1) is 0 Å². The van der Waals surface area contributed by atoms with Crippen LogP contribution in [-0.4, -0.2) is 17.8 Å². The van der Waals surface area contributed by atoms with Crippen LogP contribution in [0.25, 0.3) is 0 Å². The van der Waals surface area contributed by atoms with E-state index in [4.69, 9.17) is 10.1 Å². The van der Waals surface area contributed by atoms with E-state index in [2.05, 4.69) is 55.4 Å². The van der Waals surface area contributed by atoms with E-state index in [0.717, 1.165) is 19.3 Å². The Hall–Kier alpha value is -0.860. The van der Waals surface area contributed by atoms with Crippen LogP contribution in [0.5, 0.6) is 0 Å². The molecule has 0 amide bonds. The molecule has 0 aromatic carbocycles. The minimum atomic E-state index is -0.217. The van der Waals surface area contributed by atoms with E-state index in [-0.39, 0.29) is 28.3 Å². The molecule has 25 heavy (non-hydrogen) atoms. The van der Waals surface area contributed by atoms with Crippen molar-refractivity contribution in [3.63, 3.8) is 0 Å². The maximum absolute atomic E-state index is 12.3. The molecular formula is C22H41NO2. The van der Waals surface area contributed by atoms with E-state index in [1.165, 1.54) is 12.8 Å². The van der Waals surface area contributed by atoms with Crippen molar-refractivity contribution >= 4 is 11.7 Å². The van der Waals surface area contributed by atoms with E-state index in [0.29, 0.717) is 24.5 Å². The van der Waals surface area contributed by atoms with Crippen LogP contribution in [0.3, 0.4) is 0 Å². The molecule has 3 atom stereocenters. The first-order valence-corrected chi connectivity index (χ1v) is 10.1. The number of nitrogens with one attached hydrogen (secondary N) is 1. The Kier molecular flexibility index (Phi) is 7.30. The normalized spacial score (nSPS) is 24.0. The van der Waals surface area contributed by atoms with Crippen LogP contribution in [0.15, 0.2) is 0 Å². The summed E-state index contributed by atoms with van der Waals surface area (Å²) in [6.45, 7) is 17.7. The third-order valence-corrected chi connectivity index (χ3v) is 6.18. The monoisotopic (exact) mass is 351 g/mol. The lowest BCUT2D eigenvalue weighted by molar-refractivity contribution is -0.150. The maximum atomic E-state index is 12.3. The Morgan fingerprint density at radius 3 is 2.12 bits per heavy atom. The Labute approximate surface area is 155 Å². The van der Waals surface area contributed by atoms with Crippen LogP contribution in [-0.2, 0) is 9.53 Å². The quantitative estimate of drug-likeness (QED) is 0.426. The van der Waals surface area contributed by atoms with Crippen molar-refractivity contribution in [1.82, 2.24) is 0 Å². The van der Waals surface area contributed by atoms with Crippen molar-refractivity contribution in [3.05, 3.63) is 0 Å². The molecule has 3 unspecified atom stereocenters. The largest absolute Gasteiger partial charge is 0.462 e. The fourth-order valence-electron chi connectivity index (χ4n) is 4.24. The SMILES string of the molecule is CCC1CCCC1OC(=O)CCC(=N)C(C)(CC(C)(C)C)C(C)(C)C. The smallest absolute Gasteiger partial charge is 0.306 e. The summed E-state index contributed by atoms with van der Waals surface area (Å²) in [5.41, 5.74) is 0.600. The molecule has 1 saturated carbocycles. The third-order valence-electron chi connectivity index (χ3n) is 6.18. The maximum Gasteiger partial charge on any atom is 0.306 e. The first-order chi connectivity index (χ1) is 11.3. The van der Waals surface area contributed by atoms with Gasteiger partial charge in [0, 0.05) is 11.1 Å². The minimum Gasteiger partial charge on any atom is -0.462 e. The predicted molar refractivity (Wildman–Crippen MR) is 106 cm³/mol. The summed E-state index contributed by atoms with van der Waals surface area (Å²) in [5, 5.41) is 8.72. The fraction of sp³-hybridized carbons (Fsp3) is 0.909. The second kappa shape index (κ2) is 8.22. The van der Waals surface area contributed by atoms with Gasteiger partial charge in [0.05, 0.1) is 6.42 Å². The highest BCUT2D eigenvalue weighted by Crippen LogP contribution is 2.48. The second-order valence-corrected chi connectivity index (χ2v) is 10.4. The summed E-state index contributed by atoms with van der Waals surface area (Å²) >= 11 is 0. The topological polar surface area (TPSA) is 50.2 Å². The Morgan fingerprint density at radius 2 is 1.64 bits per heavy atom. The van der Waals surface area contributed by atoms with Gasteiger partial charge in [0.25, 0.3) is 0 Å². The Balaban J connectivity index is 2.67. The molecule has 0 spiro atoms. The van der Waals surface area contributed by atoms with E-state index in [1.807, 2.05) is 0 Å². The average molecular weight is 352 g/mol. The molecule has 3 heteroatoms. The molecule has 1 rings (SSSR count). The van der Waals surface area contributed by atoms with Gasteiger partial charge in [-0.2, -0.15) is 0 Å². The van der Waals surface area contributed by atoms with Crippen molar-refractivity contribution in [2.75, 3.05) is 0 Å². The molecule has 1 aliphatic rings. The summed E-state index contributed by atoms with van der Waals surface area (Å²) in [5.74, 6) is 0.409. The molecule has 0 radical (unpaired) electrons. The van der Waals surface area contributed by atoms with Crippen molar-refractivity contribution in [1.29, 1.82) is 5.41 Å². The molecule has 3 nitrogen and oxygen atoms in total. The van der Waals surface area contributed by atoms with Crippen LogP contribution >= 0.6 is 0 Å². The zero-order valence-corrected chi connectivity index (χ0v) is 17.9. The van der Waals surface area contributed by atoms with Gasteiger partial charge in [0.15, 0.2) is 0 Å². The van der Waals surface area contributed by atoms with Crippen molar-refractivity contribution in [2.45, 2.75) is 106 Å². The summed E-state index contributed by atoms with van der Waals surface area (Å²) in [4.78, 5) is 12.3. The number of hydrogen-bond acceptors (Lipinski definition) is 3. The molecule has 0 saturated heterocycles. The first-order valence-electron chi connectivity index (χ1n) is 10.1. The molecule has 146 valence electrons. The van der Waals surface area contributed by atoms with Gasteiger partial charge in [-0.25, -0.2) is 0 Å². The highest BCUT2D eigenvalue weighted by molar-refractivity contribution is 5.90. The molecular weight excluding hydrogens is 310 g/mol. The lowest BCUT2D eigenvalue weighted by atomic mass is 9.58. The van der Waals surface area contributed by atoms with Gasteiger partial charge in [-0.1, -0.05) is 55.4 Å². The number of carbonyl (C=O) groups is 1. The van der Waals surface area contributed by atoms with Crippen molar-refractivity contribution in [3.8, 4) is 0 Å². The Bertz CT molecular complexity index is 469. The first kappa shape index (κ1) is 22.2. The van der Waals surface area contributed by atoms with Gasteiger partial charge < -0.3 is 10.1 Å². The van der Waals surface area contributed by atoms with Crippen LogP contribution in [0.4, 0.5) is 0 Å². The number of hydrogen-bond donors (Lipinski definition) is 1. The van der Waals surface area contributed by atoms with Gasteiger partial charge in [-0.05, 0) is 55.3 Å². The number of rotatable bonds is 7. The number of carbonyl (C=O) groups excluding carboxylic acids is 1. The van der Waals surface area contributed by atoms with E-state index in [9.17, 15) is 4.79 Å². The third kappa shape index (κ3) is 6.11. The predicted octanol–water partition coefficient (Wildman–Crippen LogP) is 6.40. The molecule has 0 aliphatic heterocycles. The molecule has 1 N–H and O–H groups in total. The summed E-state index contributed by atoms with van der Waals surface area (Å²) in [6.07, 6.45) is 6.33. The molecule has 0 aromatic heterocycles. The molecule has 0 aromatic rings. The van der Waals surface area contributed by atoms with Gasteiger partial charge in [0.2, 0.25) is 0 Å². The van der Waals surface area contributed by atoms with E-state index >= 15 is 0 Å². The van der Waals surface area contributed by atoms with E-state index < -0.39 is 0 Å². The fourth-order valence-corrected chi connectivity index (χ4v) is 4.24. The summed E-state index contributed by atoms with van der Waals surface area (Å²) < 4.78 is 5.73. The highest BCUT2D eigenvalue weighted by Gasteiger charge is 2.43. The minimum absolute atomic E-state index is 0.0139. The van der Waals surface area contributed by atoms with Crippen molar-refractivity contribution < 1.29 is 9.53 Å². The van der Waals surface area contributed by atoms with Gasteiger partial charge in [-0.3, -0.25) is 4.79 Å². The van der Waals surface area contributed by atoms with Crippen molar-refractivity contribution in [2.24, 2.45) is 22.2 Å². The van der Waals surface area contributed by atoms with Gasteiger partial charge >= 0.3 is 5.97 Å². The zero-order chi connectivity index (χ0) is 19.5. The highest BCUT2D eigenvalue weighted by atomic mass is 16.5. The molecule has 0 bridgehead atoms. The van der Waals surface area contributed by atoms with Crippen LogP contribution in [0, 0.1) is 27.6 Å². The molecule has 1 aliphatic carbocycles. The number of ether oxygens (including phenoxy) is 1. The lowest BCUT2D eigenvalue weighted by Crippen LogP contribution is -2.43. The average Bonchev–Trinajstić information content (AvgIpc) is 2.88. The molecule has 0 heterocycles. The van der Waals surface area contributed by atoms with Crippen LogP contribution in [0.1, 0.15) is 100 Å². The summed E-state index contributed by atoms with van der Waals surface area (Å²) in [7, 11) is 0. The summed E-state index contributed by atoms with van der Waals surface area (Å²) in [6, 6.07) is 0. The standard InChI is InChI=1S/C22H41NO2/c1-9-16-11-10-12-17(16)25-19(24)14-13-18(23)22(8,21(5,6)7)15-20(2,3)4/h16-17,23H,9-15H2,1-8H3. The lowest BCUT2D eigenvalue weighted by Gasteiger charge is -2.46. The van der Waals surface area contributed by atoms with E-state index in [1.54, 1.807) is 0 Å². The Morgan fingerprint density at radius 1 is 1.04 bits per heavy atom. The zero-order valence-electron chi connectivity index (χ0n) is 17.9. The van der Waals surface area contributed by atoms with Gasteiger partial charge in [0.1, 0.15) is 6.10 Å². The van der Waals surface area contributed by atoms with Crippen LogP contribution in [0.2, 0.25) is 0 Å².